The zero-order valence-electron chi connectivity index (χ0n) is 6.61. The van der Waals surface area contributed by atoms with Crippen molar-refractivity contribution in [3.63, 3.8) is 0 Å². The number of allylic oxidation sites excluding steroid dienone is 2. The molecule has 1 fully saturated rings. The molecule has 0 unspecified atom stereocenters. The standard InChI is InChI=1S/C9H15N/c1-2-5-8-6-3-4-7-9(8)10/h5,10H,2-4,6-7H2,1H3/b8-5-,10-9?. The molecule has 0 aromatic heterocycles. The van der Waals surface area contributed by atoms with Gasteiger partial charge in [0.1, 0.15) is 0 Å². The maximum Gasteiger partial charge on any atom is 0.0342 e. The van der Waals surface area contributed by atoms with E-state index in [4.69, 9.17) is 5.41 Å². The first-order valence-electron chi connectivity index (χ1n) is 4.11. The fourth-order valence-corrected chi connectivity index (χ4v) is 1.40. The van der Waals surface area contributed by atoms with E-state index in [1.807, 2.05) is 0 Å². The minimum absolute atomic E-state index is 0.883. The van der Waals surface area contributed by atoms with Gasteiger partial charge >= 0.3 is 0 Å². The second-order valence-electron chi connectivity index (χ2n) is 2.82. The molecular weight excluding hydrogens is 122 g/mol. The summed E-state index contributed by atoms with van der Waals surface area (Å²) in [4.78, 5) is 0. The first-order chi connectivity index (χ1) is 4.84. The van der Waals surface area contributed by atoms with Crippen molar-refractivity contribution in [2.75, 3.05) is 0 Å². The van der Waals surface area contributed by atoms with E-state index in [0.717, 1.165) is 25.0 Å². The summed E-state index contributed by atoms with van der Waals surface area (Å²) in [7, 11) is 0. The fourth-order valence-electron chi connectivity index (χ4n) is 1.40. The molecule has 0 bridgehead atoms. The summed E-state index contributed by atoms with van der Waals surface area (Å²) in [6, 6.07) is 0. The minimum atomic E-state index is 0.883. The molecule has 0 aromatic rings. The molecule has 0 atom stereocenters. The molecule has 0 aliphatic heterocycles. The van der Waals surface area contributed by atoms with Crippen LogP contribution in [0.15, 0.2) is 11.6 Å². The van der Waals surface area contributed by atoms with Crippen molar-refractivity contribution < 1.29 is 0 Å². The van der Waals surface area contributed by atoms with E-state index in [9.17, 15) is 0 Å². The molecular formula is C9H15N. The molecule has 10 heavy (non-hydrogen) atoms. The van der Waals surface area contributed by atoms with Crippen LogP contribution in [0.5, 0.6) is 0 Å². The minimum Gasteiger partial charge on any atom is -0.305 e. The lowest BCUT2D eigenvalue weighted by Gasteiger charge is -2.14. The van der Waals surface area contributed by atoms with Gasteiger partial charge < -0.3 is 5.41 Å². The molecule has 1 saturated carbocycles. The molecule has 1 heteroatoms. The average molecular weight is 137 g/mol. The van der Waals surface area contributed by atoms with Crippen LogP contribution >= 0.6 is 0 Å². The second-order valence-corrected chi connectivity index (χ2v) is 2.82. The van der Waals surface area contributed by atoms with Gasteiger partial charge in [0.2, 0.25) is 0 Å². The Balaban J connectivity index is 2.56. The molecule has 1 nitrogen and oxygen atoms in total. The van der Waals surface area contributed by atoms with Gasteiger partial charge in [-0.05, 0) is 37.7 Å². The van der Waals surface area contributed by atoms with E-state index in [1.54, 1.807) is 0 Å². The van der Waals surface area contributed by atoms with Crippen LogP contribution in [0.2, 0.25) is 0 Å². The van der Waals surface area contributed by atoms with E-state index >= 15 is 0 Å². The first-order valence-corrected chi connectivity index (χ1v) is 4.11. The Bertz CT molecular complexity index is 156. The number of rotatable bonds is 1. The summed E-state index contributed by atoms with van der Waals surface area (Å²) in [5.41, 5.74) is 2.18. The van der Waals surface area contributed by atoms with Crippen molar-refractivity contribution in [3.8, 4) is 0 Å². The second kappa shape index (κ2) is 3.55. The Morgan fingerprint density at radius 3 is 2.70 bits per heavy atom. The number of nitrogens with one attached hydrogen (secondary N) is 1. The molecule has 0 saturated heterocycles. The summed E-state index contributed by atoms with van der Waals surface area (Å²) in [5, 5.41) is 7.58. The number of hydrogen-bond donors (Lipinski definition) is 1. The lowest BCUT2D eigenvalue weighted by molar-refractivity contribution is 0.728. The van der Waals surface area contributed by atoms with Crippen molar-refractivity contribution in [3.05, 3.63) is 11.6 Å². The van der Waals surface area contributed by atoms with E-state index in [2.05, 4.69) is 13.0 Å². The highest BCUT2D eigenvalue weighted by Gasteiger charge is 2.09. The normalized spacial score (nSPS) is 23.7. The van der Waals surface area contributed by atoms with Crippen LogP contribution in [-0.4, -0.2) is 5.71 Å². The monoisotopic (exact) mass is 137 g/mol. The predicted octanol–water partition coefficient (Wildman–Crippen LogP) is 2.92. The molecule has 0 amide bonds. The van der Waals surface area contributed by atoms with Crippen molar-refractivity contribution >= 4 is 5.71 Å². The lowest BCUT2D eigenvalue weighted by atomic mass is 9.92. The van der Waals surface area contributed by atoms with Crippen LogP contribution < -0.4 is 0 Å². The van der Waals surface area contributed by atoms with Gasteiger partial charge in [0, 0.05) is 5.71 Å². The molecule has 0 spiro atoms. The van der Waals surface area contributed by atoms with Crippen LogP contribution in [0.3, 0.4) is 0 Å². The maximum atomic E-state index is 7.58. The Labute approximate surface area is 62.6 Å². The summed E-state index contributed by atoms with van der Waals surface area (Å²) in [5.74, 6) is 0. The molecule has 0 heterocycles. The van der Waals surface area contributed by atoms with Crippen molar-refractivity contribution in [2.45, 2.75) is 39.0 Å². The van der Waals surface area contributed by atoms with E-state index in [0.29, 0.717) is 0 Å². The smallest absolute Gasteiger partial charge is 0.0342 e. The van der Waals surface area contributed by atoms with Crippen LogP contribution in [0, 0.1) is 5.41 Å². The summed E-state index contributed by atoms with van der Waals surface area (Å²) in [6.07, 6.45) is 7.94. The SMILES string of the molecule is CC/C=C1/CCCCC1=N. The topological polar surface area (TPSA) is 23.9 Å². The number of hydrogen-bond acceptors (Lipinski definition) is 1. The van der Waals surface area contributed by atoms with Gasteiger partial charge in [-0.25, -0.2) is 0 Å². The van der Waals surface area contributed by atoms with Gasteiger partial charge in [-0.15, -0.1) is 0 Å². The lowest BCUT2D eigenvalue weighted by Crippen LogP contribution is -2.07. The third-order valence-corrected chi connectivity index (χ3v) is 1.96. The zero-order chi connectivity index (χ0) is 7.40. The van der Waals surface area contributed by atoms with Gasteiger partial charge in [0.25, 0.3) is 0 Å². The maximum absolute atomic E-state index is 7.58. The summed E-state index contributed by atoms with van der Waals surface area (Å²) >= 11 is 0. The van der Waals surface area contributed by atoms with Gasteiger partial charge in [-0.2, -0.15) is 0 Å². The Hall–Kier alpha value is -0.590. The fraction of sp³-hybridized carbons (Fsp3) is 0.667. The van der Waals surface area contributed by atoms with Gasteiger partial charge in [0.05, 0.1) is 0 Å². The molecule has 1 N–H and O–H groups in total. The molecule has 1 rings (SSSR count). The average Bonchev–Trinajstić information content (AvgIpc) is 1.94. The molecule has 1 aliphatic carbocycles. The van der Waals surface area contributed by atoms with Crippen molar-refractivity contribution in [1.29, 1.82) is 5.41 Å². The van der Waals surface area contributed by atoms with Gasteiger partial charge in [-0.3, -0.25) is 0 Å². The molecule has 56 valence electrons. The molecule has 0 aromatic carbocycles. The zero-order valence-corrected chi connectivity index (χ0v) is 6.61. The highest BCUT2D eigenvalue weighted by Crippen LogP contribution is 2.19. The van der Waals surface area contributed by atoms with E-state index in [-0.39, 0.29) is 0 Å². The molecule has 1 aliphatic rings. The third kappa shape index (κ3) is 1.69. The predicted molar refractivity (Wildman–Crippen MR) is 44.6 cm³/mol. The Morgan fingerprint density at radius 2 is 2.10 bits per heavy atom. The van der Waals surface area contributed by atoms with Crippen LogP contribution in [0.4, 0.5) is 0 Å². The van der Waals surface area contributed by atoms with E-state index < -0.39 is 0 Å². The third-order valence-electron chi connectivity index (χ3n) is 1.96. The van der Waals surface area contributed by atoms with Gasteiger partial charge in [-0.1, -0.05) is 13.0 Å². The van der Waals surface area contributed by atoms with Crippen LogP contribution in [0.1, 0.15) is 39.0 Å². The van der Waals surface area contributed by atoms with Crippen LogP contribution in [-0.2, 0) is 0 Å². The van der Waals surface area contributed by atoms with E-state index in [1.165, 1.54) is 18.4 Å². The molecule has 0 radical (unpaired) electrons. The largest absolute Gasteiger partial charge is 0.305 e. The van der Waals surface area contributed by atoms with Crippen LogP contribution in [0.25, 0.3) is 0 Å². The van der Waals surface area contributed by atoms with Crippen molar-refractivity contribution in [1.82, 2.24) is 0 Å². The first kappa shape index (κ1) is 7.52. The Morgan fingerprint density at radius 1 is 1.40 bits per heavy atom. The quantitative estimate of drug-likeness (QED) is 0.574. The van der Waals surface area contributed by atoms with Gasteiger partial charge in [0.15, 0.2) is 0 Å². The summed E-state index contributed by atoms with van der Waals surface area (Å²) < 4.78 is 0. The Kier molecular flexibility index (Phi) is 2.67. The summed E-state index contributed by atoms with van der Waals surface area (Å²) in [6.45, 7) is 2.13. The highest BCUT2D eigenvalue weighted by atomic mass is 14.4. The highest BCUT2D eigenvalue weighted by molar-refractivity contribution is 5.98. The van der Waals surface area contributed by atoms with Crippen molar-refractivity contribution in [2.24, 2.45) is 0 Å².